The Labute approximate surface area is 181 Å². The average Bonchev–Trinajstić information content (AvgIpc) is 3.17. The minimum absolute atomic E-state index is 0.269. The zero-order valence-corrected chi connectivity index (χ0v) is 16.4. The molecule has 1 heterocycles. The van der Waals surface area contributed by atoms with E-state index in [9.17, 15) is 36.5 Å². The van der Waals surface area contributed by atoms with Crippen LogP contribution in [0.15, 0.2) is 47.6 Å². The third-order valence-electron chi connectivity index (χ3n) is 4.62. The summed E-state index contributed by atoms with van der Waals surface area (Å²) in [7, 11) is 0. The molecule has 8 nitrogen and oxygen atoms in total. The van der Waals surface area contributed by atoms with E-state index in [0.717, 1.165) is 12.3 Å². The Hall–Kier alpha value is -3.55. The van der Waals surface area contributed by atoms with Crippen molar-refractivity contribution >= 4 is 17.6 Å². The Morgan fingerprint density at radius 2 is 1.85 bits per heavy atom. The molecule has 0 saturated carbocycles. The lowest BCUT2D eigenvalue weighted by molar-refractivity contribution is -0.388. The summed E-state index contributed by atoms with van der Waals surface area (Å²) in [5, 5.41) is 22.2. The predicted molar refractivity (Wildman–Crippen MR) is 101 cm³/mol. The second-order valence-corrected chi connectivity index (χ2v) is 6.89. The zero-order chi connectivity index (χ0) is 24.4. The van der Waals surface area contributed by atoms with Crippen molar-refractivity contribution in [3.8, 4) is 5.75 Å². The van der Waals surface area contributed by atoms with Crippen molar-refractivity contribution in [1.29, 1.82) is 0 Å². The van der Waals surface area contributed by atoms with Crippen LogP contribution in [0.2, 0.25) is 0 Å². The number of ether oxygens (including phenoxy) is 2. The fourth-order valence-electron chi connectivity index (χ4n) is 3.20. The van der Waals surface area contributed by atoms with E-state index in [-0.39, 0.29) is 12.4 Å². The molecule has 0 amide bonds. The van der Waals surface area contributed by atoms with Crippen LogP contribution < -0.4 is 9.64 Å². The van der Waals surface area contributed by atoms with Gasteiger partial charge in [0.1, 0.15) is 24.0 Å². The molecule has 178 valence electrons. The van der Waals surface area contributed by atoms with E-state index in [4.69, 9.17) is 14.7 Å². The van der Waals surface area contributed by atoms with E-state index in [2.05, 4.69) is 5.16 Å². The maximum absolute atomic E-state index is 13.5. The molecular weight excluding hydrogens is 464 g/mol. The summed E-state index contributed by atoms with van der Waals surface area (Å²) in [6.07, 6.45) is -12.7. The fraction of sp³-hybridized carbons (Fsp3) is 0.316. The highest BCUT2D eigenvalue weighted by Crippen LogP contribution is 2.41. The summed E-state index contributed by atoms with van der Waals surface area (Å²) in [5.74, 6) is 0.269. The first-order valence-electron chi connectivity index (χ1n) is 9.15. The van der Waals surface area contributed by atoms with Crippen LogP contribution in [0.1, 0.15) is 11.1 Å². The highest BCUT2D eigenvalue weighted by Gasteiger charge is 2.51. The van der Waals surface area contributed by atoms with Gasteiger partial charge in [0.2, 0.25) is 6.23 Å². The van der Waals surface area contributed by atoms with Crippen molar-refractivity contribution in [3.63, 3.8) is 0 Å². The molecule has 3 rings (SSSR count). The van der Waals surface area contributed by atoms with E-state index < -0.39 is 53.1 Å². The first-order valence-corrected chi connectivity index (χ1v) is 9.15. The van der Waals surface area contributed by atoms with Gasteiger partial charge in [0.15, 0.2) is 0 Å². The number of nitrogens with zero attached hydrogens (tertiary/aromatic N) is 3. The Bertz CT molecular complexity index is 1030. The van der Waals surface area contributed by atoms with Gasteiger partial charge in [-0.25, -0.2) is 0 Å². The standard InChI is InChI=1S/C19H15F6N3O5/c20-18(21,22)15-7-12(3-6-16(15)28(30)31)27-9-14(33-17(27)19(23,24)25)10-32-13-4-1-11(2-5-13)8-26-29/h1-8,14,17,29H,9-10H2/b26-8+/t14-,17+/m0/s1. The van der Waals surface area contributed by atoms with Gasteiger partial charge in [0, 0.05) is 11.8 Å². The number of nitro groups is 1. The minimum Gasteiger partial charge on any atom is -0.491 e. The van der Waals surface area contributed by atoms with Crippen molar-refractivity contribution in [2.45, 2.75) is 24.7 Å². The first-order chi connectivity index (χ1) is 15.4. The summed E-state index contributed by atoms with van der Waals surface area (Å²) in [6.45, 7) is -0.829. The van der Waals surface area contributed by atoms with Gasteiger partial charge in [-0.1, -0.05) is 5.16 Å². The van der Waals surface area contributed by atoms with Crippen molar-refractivity contribution in [1.82, 2.24) is 0 Å². The van der Waals surface area contributed by atoms with Gasteiger partial charge in [-0.15, -0.1) is 0 Å². The Kier molecular flexibility index (Phi) is 6.67. The topological polar surface area (TPSA) is 97.4 Å². The van der Waals surface area contributed by atoms with Crippen LogP contribution in [0.5, 0.6) is 5.75 Å². The molecular formula is C19H15F6N3O5. The van der Waals surface area contributed by atoms with Crippen molar-refractivity contribution in [3.05, 3.63) is 63.7 Å². The maximum atomic E-state index is 13.5. The second kappa shape index (κ2) is 9.13. The number of anilines is 1. The van der Waals surface area contributed by atoms with Crippen LogP contribution in [-0.2, 0) is 10.9 Å². The van der Waals surface area contributed by atoms with Crippen molar-refractivity contribution < 1.29 is 45.9 Å². The van der Waals surface area contributed by atoms with Gasteiger partial charge in [0.25, 0.3) is 5.69 Å². The van der Waals surface area contributed by atoms with Crippen LogP contribution in [0.3, 0.4) is 0 Å². The van der Waals surface area contributed by atoms with Crippen LogP contribution in [-0.4, -0.2) is 48.0 Å². The SMILES string of the molecule is O=[N+]([O-])c1ccc(N2C[C@@H](COc3ccc(/C=N/O)cc3)O[C@@H]2C(F)(F)F)cc1C(F)(F)F. The van der Waals surface area contributed by atoms with E-state index in [0.29, 0.717) is 22.6 Å². The number of oxime groups is 1. The third kappa shape index (κ3) is 5.63. The van der Waals surface area contributed by atoms with Gasteiger partial charge in [-0.3, -0.25) is 10.1 Å². The molecule has 0 spiro atoms. The van der Waals surface area contributed by atoms with Gasteiger partial charge in [-0.05, 0) is 42.0 Å². The van der Waals surface area contributed by atoms with Crippen molar-refractivity contribution in [2.24, 2.45) is 5.16 Å². The molecule has 1 aliphatic rings. The van der Waals surface area contributed by atoms with E-state index in [1.54, 1.807) is 0 Å². The molecule has 2 aromatic carbocycles. The molecule has 0 aromatic heterocycles. The lowest BCUT2D eigenvalue weighted by Gasteiger charge is -2.27. The minimum atomic E-state index is -5.15. The lowest BCUT2D eigenvalue weighted by atomic mass is 10.1. The molecule has 1 N–H and O–H groups in total. The number of hydrogen-bond acceptors (Lipinski definition) is 7. The molecule has 0 aliphatic carbocycles. The van der Waals surface area contributed by atoms with Crippen molar-refractivity contribution in [2.75, 3.05) is 18.1 Å². The Balaban J connectivity index is 1.82. The summed E-state index contributed by atoms with van der Waals surface area (Å²) in [4.78, 5) is 10.2. The highest BCUT2D eigenvalue weighted by molar-refractivity contribution is 5.79. The van der Waals surface area contributed by atoms with Crippen LogP contribution in [0.25, 0.3) is 0 Å². The summed E-state index contributed by atoms with van der Waals surface area (Å²) >= 11 is 0. The number of halogens is 6. The highest BCUT2D eigenvalue weighted by atomic mass is 19.4. The zero-order valence-electron chi connectivity index (χ0n) is 16.4. The maximum Gasteiger partial charge on any atom is 0.433 e. The molecule has 33 heavy (non-hydrogen) atoms. The molecule has 1 aliphatic heterocycles. The van der Waals surface area contributed by atoms with E-state index in [1.165, 1.54) is 24.3 Å². The molecule has 1 fully saturated rings. The summed E-state index contributed by atoms with van der Waals surface area (Å²) in [6, 6.07) is 7.58. The summed E-state index contributed by atoms with van der Waals surface area (Å²) < 4.78 is 90.7. The first kappa shape index (κ1) is 24.1. The number of benzene rings is 2. The number of alkyl halides is 6. The Morgan fingerprint density at radius 1 is 1.18 bits per heavy atom. The smallest absolute Gasteiger partial charge is 0.433 e. The molecule has 0 radical (unpaired) electrons. The number of nitro benzene ring substituents is 1. The van der Waals surface area contributed by atoms with Crippen LogP contribution >= 0.6 is 0 Å². The van der Waals surface area contributed by atoms with Crippen LogP contribution in [0.4, 0.5) is 37.7 Å². The molecule has 14 heteroatoms. The molecule has 2 atom stereocenters. The molecule has 2 aromatic rings. The molecule has 1 saturated heterocycles. The van der Waals surface area contributed by atoms with Gasteiger partial charge >= 0.3 is 12.4 Å². The predicted octanol–water partition coefficient (Wildman–Crippen LogP) is 4.59. The largest absolute Gasteiger partial charge is 0.491 e. The quantitative estimate of drug-likeness (QED) is 0.214. The second-order valence-electron chi connectivity index (χ2n) is 6.89. The van der Waals surface area contributed by atoms with Crippen LogP contribution in [0, 0.1) is 10.1 Å². The van der Waals surface area contributed by atoms with Gasteiger partial charge in [-0.2, -0.15) is 26.3 Å². The normalized spacial score (nSPS) is 19.3. The monoisotopic (exact) mass is 479 g/mol. The fourth-order valence-corrected chi connectivity index (χ4v) is 3.20. The number of hydrogen-bond donors (Lipinski definition) is 1. The van der Waals surface area contributed by atoms with E-state index in [1.807, 2.05) is 0 Å². The van der Waals surface area contributed by atoms with Gasteiger partial charge in [0.05, 0.1) is 17.7 Å². The Morgan fingerprint density at radius 3 is 2.39 bits per heavy atom. The third-order valence-corrected chi connectivity index (χ3v) is 4.62. The lowest BCUT2D eigenvalue weighted by Crippen LogP contribution is -2.42. The average molecular weight is 479 g/mol. The summed E-state index contributed by atoms with van der Waals surface area (Å²) in [5.41, 5.74) is -2.95. The van der Waals surface area contributed by atoms with E-state index >= 15 is 0 Å². The molecule has 0 unspecified atom stereocenters. The number of rotatable bonds is 6. The molecule has 0 bridgehead atoms. The van der Waals surface area contributed by atoms with Gasteiger partial charge < -0.3 is 19.6 Å².